The number of nitriles is 1. The summed E-state index contributed by atoms with van der Waals surface area (Å²) in [6, 6.07) is 5.41. The van der Waals surface area contributed by atoms with Gasteiger partial charge in [-0.15, -0.1) is 0 Å². The molecule has 0 fully saturated rings. The lowest BCUT2D eigenvalue weighted by Crippen LogP contribution is -2.36. The van der Waals surface area contributed by atoms with Gasteiger partial charge in [0, 0.05) is 14.1 Å². The average Bonchev–Trinajstić information content (AvgIpc) is 2.30. The van der Waals surface area contributed by atoms with E-state index in [0.29, 0.717) is 0 Å². The number of halogens is 1. The quantitative estimate of drug-likeness (QED) is 0.865. The zero-order valence-electron chi connectivity index (χ0n) is 9.99. The molecule has 0 spiro atoms. The number of carbonyl (C=O) groups excluding carboxylic acids is 1. The minimum Gasteiger partial charge on any atom is -0.372 e. The molecule has 0 saturated carbocycles. The van der Waals surface area contributed by atoms with E-state index in [-0.39, 0.29) is 17.2 Å². The summed E-state index contributed by atoms with van der Waals surface area (Å²) in [5.74, 6) is -0.684. The van der Waals surface area contributed by atoms with Crippen molar-refractivity contribution in [1.29, 1.82) is 5.26 Å². The number of benzene rings is 1. The van der Waals surface area contributed by atoms with Crippen LogP contribution in [0.15, 0.2) is 18.2 Å². The van der Waals surface area contributed by atoms with E-state index >= 15 is 0 Å². The van der Waals surface area contributed by atoms with E-state index in [4.69, 9.17) is 5.26 Å². The molecule has 1 N–H and O–H groups in total. The van der Waals surface area contributed by atoms with Crippen molar-refractivity contribution in [3.05, 3.63) is 29.6 Å². The minimum atomic E-state index is -0.539. The Hall–Kier alpha value is -2.09. The monoisotopic (exact) mass is 235 g/mol. The van der Waals surface area contributed by atoms with Crippen LogP contribution in [-0.4, -0.2) is 30.9 Å². The Morgan fingerprint density at radius 2 is 2.18 bits per heavy atom. The van der Waals surface area contributed by atoms with E-state index in [1.807, 2.05) is 6.07 Å². The van der Waals surface area contributed by atoms with Crippen molar-refractivity contribution in [1.82, 2.24) is 4.90 Å². The van der Waals surface area contributed by atoms with Crippen molar-refractivity contribution >= 4 is 11.6 Å². The van der Waals surface area contributed by atoms with Crippen LogP contribution in [0.5, 0.6) is 0 Å². The average molecular weight is 235 g/mol. The second-order valence-corrected chi connectivity index (χ2v) is 3.91. The molecule has 1 aromatic rings. The first kappa shape index (κ1) is 13.0. The number of nitrogens with one attached hydrogen (secondary N) is 1. The van der Waals surface area contributed by atoms with Gasteiger partial charge in [-0.05, 0) is 25.1 Å². The highest BCUT2D eigenvalue weighted by atomic mass is 19.1. The lowest BCUT2D eigenvalue weighted by atomic mass is 10.2. The topological polar surface area (TPSA) is 56.1 Å². The summed E-state index contributed by atoms with van der Waals surface area (Å²) < 4.78 is 13.5. The molecule has 90 valence electrons. The molecular weight excluding hydrogens is 221 g/mol. The Labute approximate surface area is 99.7 Å². The van der Waals surface area contributed by atoms with Gasteiger partial charge in [0.25, 0.3) is 0 Å². The predicted octanol–water partition coefficient (Wildman–Crippen LogP) is 1.59. The number of anilines is 1. The summed E-state index contributed by atoms with van der Waals surface area (Å²) in [4.78, 5) is 13.0. The third-order valence-electron chi connectivity index (χ3n) is 2.28. The molecule has 17 heavy (non-hydrogen) atoms. The van der Waals surface area contributed by atoms with Gasteiger partial charge in [-0.25, -0.2) is 4.39 Å². The number of rotatable bonds is 3. The first-order valence-corrected chi connectivity index (χ1v) is 5.13. The molecule has 0 aliphatic heterocycles. The summed E-state index contributed by atoms with van der Waals surface area (Å²) in [7, 11) is 3.27. The molecule has 0 aliphatic rings. The summed E-state index contributed by atoms with van der Waals surface area (Å²) in [5.41, 5.74) is 0.464. The van der Waals surface area contributed by atoms with Gasteiger partial charge >= 0.3 is 0 Å². The van der Waals surface area contributed by atoms with Crippen LogP contribution in [0.25, 0.3) is 0 Å². The fourth-order valence-corrected chi connectivity index (χ4v) is 1.38. The van der Waals surface area contributed by atoms with Crippen LogP contribution in [0.3, 0.4) is 0 Å². The number of carbonyl (C=O) groups is 1. The third kappa shape index (κ3) is 3.18. The van der Waals surface area contributed by atoms with E-state index in [1.54, 1.807) is 21.0 Å². The Kier molecular flexibility index (Phi) is 4.05. The van der Waals surface area contributed by atoms with Crippen LogP contribution >= 0.6 is 0 Å². The highest BCUT2D eigenvalue weighted by molar-refractivity contribution is 5.83. The smallest absolute Gasteiger partial charge is 0.244 e. The maximum Gasteiger partial charge on any atom is 0.244 e. The Morgan fingerprint density at radius 1 is 1.53 bits per heavy atom. The van der Waals surface area contributed by atoms with Crippen molar-refractivity contribution in [2.24, 2.45) is 0 Å². The number of nitrogens with zero attached hydrogens (tertiary/aromatic N) is 2. The molecule has 0 radical (unpaired) electrons. The molecule has 5 heteroatoms. The van der Waals surface area contributed by atoms with Crippen LogP contribution < -0.4 is 5.32 Å². The molecule has 0 aromatic heterocycles. The molecule has 1 atom stereocenters. The van der Waals surface area contributed by atoms with E-state index in [9.17, 15) is 9.18 Å². The first-order chi connectivity index (χ1) is 7.95. The molecular formula is C12H14FN3O. The number of hydrogen-bond acceptors (Lipinski definition) is 3. The van der Waals surface area contributed by atoms with Crippen LogP contribution in [0.2, 0.25) is 0 Å². The van der Waals surface area contributed by atoms with Crippen LogP contribution in [0, 0.1) is 17.1 Å². The van der Waals surface area contributed by atoms with Gasteiger partial charge in [0.1, 0.15) is 11.9 Å². The highest BCUT2D eigenvalue weighted by Gasteiger charge is 2.15. The van der Waals surface area contributed by atoms with Crippen molar-refractivity contribution in [3.8, 4) is 6.07 Å². The SMILES string of the molecule is C[C@H](Nc1ccc(C#N)cc1F)C(=O)N(C)C. The van der Waals surface area contributed by atoms with Gasteiger partial charge < -0.3 is 10.2 Å². The summed E-state index contributed by atoms with van der Waals surface area (Å²) >= 11 is 0. The van der Waals surface area contributed by atoms with Gasteiger partial charge in [0.2, 0.25) is 5.91 Å². The molecule has 4 nitrogen and oxygen atoms in total. The zero-order chi connectivity index (χ0) is 13.0. The molecule has 0 saturated heterocycles. The van der Waals surface area contributed by atoms with Gasteiger partial charge in [0.15, 0.2) is 0 Å². The molecule has 0 aliphatic carbocycles. The second-order valence-electron chi connectivity index (χ2n) is 3.91. The second kappa shape index (κ2) is 5.30. The first-order valence-electron chi connectivity index (χ1n) is 5.13. The maximum atomic E-state index is 13.5. The third-order valence-corrected chi connectivity index (χ3v) is 2.28. The molecule has 0 bridgehead atoms. The molecule has 1 rings (SSSR count). The Balaban J connectivity index is 2.83. The van der Waals surface area contributed by atoms with Gasteiger partial charge in [-0.1, -0.05) is 0 Å². The lowest BCUT2D eigenvalue weighted by molar-refractivity contribution is -0.129. The zero-order valence-corrected chi connectivity index (χ0v) is 9.99. The summed E-state index contributed by atoms with van der Waals surface area (Å²) in [6.45, 7) is 1.65. The largest absolute Gasteiger partial charge is 0.372 e. The number of likely N-dealkylation sites (N-methyl/N-ethyl adjacent to an activating group) is 1. The highest BCUT2D eigenvalue weighted by Crippen LogP contribution is 2.16. The Morgan fingerprint density at radius 3 is 2.65 bits per heavy atom. The van der Waals surface area contributed by atoms with Gasteiger partial charge in [-0.3, -0.25) is 4.79 Å². The number of hydrogen-bond donors (Lipinski definition) is 1. The number of amides is 1. The lowest BCUT2D eigenvalue weighted by Gasteiger charge is -2.19. The Bertz CT molecular complexity index is 465. The van der Waals surface area contributed by atoms with E-state index in [0.717, 1.165) is 6.07 Å². The van der Waals surface area contributed by atoms with Gasteiger partial charge in [-0.2, -0.15) is 5.26 Å². The molecule has 1 amide bonds. The van der Waals surface area contributed by atoms with Crippen LogP contribution in [0.4, 0.5) is 10.1 Å². The fourth-order valence-electron chi connectivity index (χ4n) is 1.38. The van der Waals surface area contributed by atoms with Crippen molar-refractivity contribution in [2.75, 3.05) is 19.4 Å². The van der Waals surface area contributed by atoms with Crippen LogP contribution in [0.1, 0.15) is 12.5 Å². The van der Waals surface area contributed by atoms with Crippen molar-refractivity contribution in [3.63, 3.8) is 0 Å². The van der Waals surface area contributed by atoms with E-state index in [2.05, 4.69) is 5.32 Å². The van der Waals surface area contributed by atoms with Crippen molar-refractivity contribution < 1.29 is 9.18 Å². The molecule has 1 aromatic carbocycles. The maximum absolute atomic E-state index is 13.5. The van der Waals surface area contributed by atoms with Crippen LogP contribution in [-0.2, 0) is 4.79 Å². The summed E-state index contributed by atoms with van der Waals surface area (Å²) in [6.07, 6.45) is 0. The molecule has 0 heterocycles. The summed E-state index contributed by atoms with van der Waals surface area (Å²) in [5, 5.41) is 11.4. The molecule has 0 unspecified atom stereocenters. The fraction of sp³-hybridized carbons (Fsp3) is 0.333. The van der Waals surface area contributed by atoms with E-state index < -0.39 is 11.9 Å². The van der Waals surface area contributed by atoms with Crippen molar-refractivity contribution in [2.45, 2.75) is 13.0 Å². The standard InChI is InChI=1S/C12H14FN3O/c1-8(12(17)16(2)3)15-11-5-4-9(7-14)6-10(11)13/h4-6,8,15H,1-3H3/t8-/m0/s1. The minimum absolute atomic E-state index is 0.145. The van der Waals surface area contributed by atoms with E-state index in [1.165, 1.54) is 17.0 Å². The van der Waals surface area contributed by atoms with Gasteiger partial charge in [0.05, 0.1) is 17.3 Å². The normalized spacial score (nSPS) is 11.5. The predicted molar refractivity (Wildman–Crippen MR) is 62.9 cm³/mol.